The van der Waals surface area contributed by atoms with Crippen LogP contribution in [-0.2, 0) is 24.0 Å². The number of hydrogen-bond donors (Lipinski definition) is 7. The number of aliphatic carboxylic acids is 2. The highest BCUT2D eigenvalue weighted by Gasteiger charge is 2.28. The number of carbonyl (C=O) groups excluding carboxylic acids is 3. The summed E-state index contributed by atoms with van der Waals surface area (Å²) in [4.78, 5) is 57.5. The number of carboxylic acids is 2. The van der Waals surface area contributed by atoms with E-state index in [2.05, 4.69) is 16.0 Å². The zero-order chi connectivity index (χ0) is 21.1. The van der Waals surface area contributed by atoms with Gasteiger partial charge >= 0.3 is 11.9 Å². The van der Waals surface area contributed by atoms with Crippen LogP contribution in [0, 0.1) is 5.92 Å². The second kappa shape index (κ2) is 11.8. The van der Waals surface area contributed by atoms with Gasteiger partial charge in [0.25, 0.3) is 0 Å². The fourth-order valence-electron chi connectivity index (χ4n) is 1.93. The summed E-state index contributed by atoms with van der Waals surface area (Å²) in [5.41, 5.74) is 5.27. The van der Waals surface area contributed by atoms with Crippen molar-refractivity contribution in [2.45, 2.75) is 44.8 Å². The Morgan fingerprint density at radius 2 is 1.59 bits per heavy atom. The molecule has 154 valence electrons. The molecule has 0 aliphatic rings. The van der Waals surface area contributed by atoms with Crippen LogP contribution in [0.4, 0.5) is 0 Å². The second-order valence-corrected chi connectivity index (χ2v) is 6.13. The Kier molecular flexibility index (Phi) is 10.6. The SMILES string of the molecule is CC(C)C(NC(=O)C(CCC(=O)O)NC(=O)CNC(=O)C(N)CO)C(=O)O. The van der Waals surface area contributed by atoms with Crippen LogP contribution in [0.5, 0.6) is 0 Å². The van der Waals surface area contributed by atoms with E-state index in [0.29, 0.717) is 0 Å². The number of nitrogens with two attached hydrogens (primary N) is 1. The third-order valence-electron chi connectivity index (χ3n) is 3.49. The van der Waals surface area contributed by atoms with Crippen molar-refractivity contribution in [3.05, 3.63) is 0 Å². The summed E-state index contributed by atoms with van der Waals surface area (Å²) in [6.45, 7) is 1.96. The van der Waals surface area contributed by atoms with E-state index in [1.54, 1.807) is 13.8 Å². The molecule has 0 fully saturated rings. The van der Waals surface area contributed by atoms with Crippen LogP contribution in [0.2, 0.25) is 0 Å². The van der Waals surface area contributed by atoms with Crippen molar-refractivity contribution in [2.24, 2.45) is 11.7 Å². The molecule has 3 atom stereocenters. The Balaban J connectivity index is 4.95. The van der Waals surface area contributed by atoms with Crippen LogP contribution in [0.1, 0.15) is 26.7 Å². The topological polar surface area (TPSA) is 208 Å². The Bertz CT molecular complexity index is 566. The average Bonchev–Trinajstić information content (AvgIpc) is 2.59. The molecule has 0 aromatic rings. The predicted molar refractivity (Wildman–Crippen MR) is 91.3 cm³/mol. The standard InChI is InChI=1S/C15H26N4O8/c1-7(2)12(15(26)27)19-14(25)9(3-4-11(22)23)18-10(21)5-17-13(24)8(16)6-20/h7-9,12,20H,3-6,16H2,1-2H3,(H,17,24)(H,18,21)(H,19,25)(H,22,23)(H,26,27). The van der Waals surface area contributed by atoms with Gasteiger partial charge in [-0.15, -0.1) is 0 Å². The Hall–Kier alpha value is -2.73. The Labute approximate surface area is 155 Å². The second-order valence-electron chi connectivity index (χ2n) is 6.13. The number of aliphatic hydroxyl groups is 1. The van der Waals surface area contributed by atoms with E-state index < -0.39 is 73.3 Å². The van der Waals surface area contributed by atoms with Gasteiger partial charge in [-0.05, 0) is 12.3 Å². The first-order valence-corrected chi connectivity index (χ1v) is 8.18. The van der Waals surface area contributed by atoms with Crippen LogP contribution in [0.25, 0.3) is 0 Å². The van der Waals surface area contributed by atoms with Gasteiger partial charge in [0, 0.05) is 6.42 Å². The highest BCUT2D eigenvalue weighted by atomic mass is 16.4. The third-order valence-corrected chi connectivity index (χ3v) is 3.49. The first kappa shape index (κ1) is 24.3. The zero-order valence-corrected chi connectivity index (χ0v) is 15.1. The number of carbonyl (C=O) groups is 5. The fraction of sp³-hybridized carbons (Fsp3) is 0.667. The molecular formula is C15H26N4O8. The third kappa shape index (κ3) is 9.51. The summed E-state index contributed by atoms with van der Waals surface area (Å²) in [5, 5.41) is 33.3. The summed E-state index contributed by atoms with van der Waals surface area (Å²) in [7, 11) is 0. The lowest BCUT2D eigenvalue weighted by Gasteiger charge is -2.23. The molecule has 0 spiro atoms. The van der Waals surface area contributed by atoms with Crippen molar-refractivity contribution >= 4 is 29.7 Å². The average molecular weight is 390 g/mol. The van der Waals surface area contributed by atoms with Crippen LogP contribution < -0.4 is 21.7 Å². The first-order chi connectivity index (χ1) is 12.5. The molecule has 12 nitrogen and oxygen atoms in total. The number of nitrogens with one attached hydrogen (secondary N) is 3. The molecule has 27 heavy (non-hydrogen) atoms. The van der Waals surface area contributed by atoms with E-state index in [0.717, 1.165) is 0 Å². The molecule has 0 saturated heterocycles. The molecule has 3 unspecified atom stereocenters. The van der Waals surface area contributed by atoms with E-state index in [9.17, 15) is 24.0 Å². The number of hydrogen-bond acceptors (Lipinski definition) is 7. The van der Waals surface area contributed by atoms with Gasteiger partial charge < -0.3 is 37.0 Å². The number of aliphatic hydroxyl groups excluding tert-OH is 1. The first-order valence-electron chi connectivity index (χ1n) is 8.18. The van der Waals surface area contributed by atoms with Gasteiger partial charge in [0.2, 0.25) is 17.7 Å². The van der Waals surface area contributed by atoms with Crippen molar-refractivity contribution in [1.82, 2.24) is 16.0 Å². The molecule has 8 N–H and O–H groups in total. The quantitative estimate of drug-likeness (QED) is 0.181. The lowest BCUT2D eigenvalue weighted by Crippen LogP contribution is -2.55. The van der Waals surface area contributed by atoms with Crippen LogP contribution >= 0.6 is 0 Å². The minimum atomic E-state index is -1.31. The molecule has 0 rings (SSSR count). The highest BCUT2D eigenvalue weighted by molar-refractivity contribution is 5.92. The molecule has 0 heterocycles. The number of rotatable bonds is 12. The maximum absolute atomic E-state index is 12.3. The molecular weight excluding hydrogens is 364 g/mol. The number of amides is 3. The normalized spacial score (nSPS) is 14.0. The Morgan fingerprint density at radius 3 is 2.04 bits per heavy atom. The van der Waals surface area contributed by atoms with E-state index in [4.69, 9.17) is 21.1 Å². The molecule has 0 aromatic heterocycles. The van der Waals surface area contributed by atoms with E-state index in [1.165, 1.54) is 0 Å². The maximum Gasteiger partial charge on any atom is 0.326 e. The number of carboxylic acid groups (broad SMARTS) is 2. The predicted octanol–water partition coefficient (Wildman–Crippen LogP) is -3.00. The summed E-state index contributed by atoms with van der Waals surface area (Å²) in [5.74, 6) is -5.37. The largest absolute Gasteiger partial charge is 0.481 e. The molecule has 3 amide bonds. The summed E-state index contributed by atoms with van der Waals surface area (Å²) < 4.78 is 0. The van der Waals surface area contributed by atoms with Crippen LogP contribution in [0.3, 0.4) is 0 Å². The minimum Gasteiger partial charge on any atom is -0.481 e. The lowest BCUT2D eigenvalue weighted by atomic mass is 10.0. The molecule has 0 aromatic carbocycles. The van der Waals surface area contributed by atoms with Crippen molar-refractivity contribution in [2.75, 3.05) is 13.2 Å². The van der Waals surface area contributed by atoms with Gasteiger partial charge in [-0.1, -0.05) is 13.8 Å². The fourth-order valence-corrected chi connectivity index (χ4v) is 1.93. The van der Waals surface area contributed by atoms with Crippen molar-refractivity contribution < 1.29 is 39.3 Å². The monoisotopic (exact) mass is 390 g/mol. The van der Waals surface area contributed by atoms with Crippen LogP contribution in [-0.4, -0.2) is 76.3 Å². The zero-order valence-electron chi connectivity index (χ0n) is 15.1. The highest BCUT2D eigenvalue weighted by Crippen LogP contribution is 2.05. The van der Waals surface area contributed by atoms with E-state index in [-0.39, 0.29) is 6.42 Å². The van der Waals surface area contributed by atoms with Gasteiger partial charge in [-0.2, -0.15) is 0 Å². The Morgan fingerprint density at radius 1 is 1.00 bits per heavy atom. The van der Waals surface area contributed by atoms with Crippen molar-refractivity contribution in [3.8, 4) is 0 Å². The molecule has 0 aliphatic heterocycles. The molecule has 0 saturated carbocycles. The van der Waals surface area contributed by atoms with Crippen molar-refractivity contribution in [1.29, 1.82) is 0 Å². The summed E-state index contributed by atoms with van der Waals surface area (Å²) >= 11 is 0. The van der Waals surface area contributed by atoms with Gasteiger partial charge in [0.05, 0.1) is 13.2 Å². The van der Waals surface area contributed by atoms with E-state index >= 15 is 0 Å². The van der Waals surface area contributed by atoms with E-state index in [1.807, 2.05) is 0 Å². The minimum absolute atomic E-state index is 0.276. The van der Waals surface area contributed by atoms with Gasteiger partial charge in [-0.3, -0.25) is 19.2 Å². The molecule has 0 radical (unpaired) electrons. The van der Waals surface area contributed by atoms with Crippen molar-refractivity contribution in [3.63, 3.8) is 0 Å². The van der Waals surface area contributed by atoms with Crippen LogP contribution in [0.15, 0.2) is 0 Å². The summed E-state index contributed by atoms with van der Waals surface area (Å²) in [6.07, 6.45) is -0.721. The molecule has 12 heteroatoms. The molecule has 0 bridgehead atoms. The summed E-state index contributed by atoms with van der Waals surface area (Å²) in [6, 6.07) is -3.74. The molecule has 0 aliphatic carbocycles. The lowest BCUT2D eigenvalue weighted by molar-refractivity contribution is -0.144. The van der Waals surface area contributed by atoms with Gasteiger partial charge in [0.1, 0.15) is 18.1 Å². The van der Waals surface area contributed by atoms with Gasteiger partial charge in [-0.25, -0.2) is 4.79 Å². The maximum atomic E-state index is 12.3. The smallest absolute Gasteiger partial charge is 0.326 e. The van der Waals surface area contributed by atoms with Gasteiger partial charge in [0.15, 0.2) is 0 Å².